The number of aliphatic hydroxyl groups excluding tert-OH is 2. The molecule has 8 N–H and O–H groups in total. The van der Waals surface area contributed by atoms with E-state index >= 15 is 0 Å². The molecule has 13 nitrogen and oxygen atoms in total. The molecule has 2 rings (SSSR count). The summed E-state index contributed by atoms with van der Waals surface area (Å²) in [6.07, 6.45) is 5.15. The van der Waals surface area contributed by atoms with E-state index in [2.05, 4.69) is 19.9 Å². The molecule has 0 aliphatic heterocycles. The Hall–Kier alpha value is -3.24. The summed E-state index contributed by atoms with van der Waals surface area (Å²) in [6.45, 7) is 7.08. The van der Waals surface area contributed by atoms with Crippen LogP contribution in [0.5, 0.6) is 0 Å². The summed E-state index contributed by atoms with van der Waals surface area (Å²) in [7, 11) is 2.69. The maximum absolute atomic E-state index is 12.0. The Bertz CT molecular complexity index is 1100. The Kier molecular flexibility index (Phi) is 14.4. The molecule has 0 radical (unpaired) electrons. The first-order valence-corrected chi connectivity index (χ1v) is 13.9. The van der Waals surface area contributed by atoms with E-state index in [1.54, 1.807) is 40.1 Å². The molecular weight excluding hydrogens is 544 g/mol. The van der Waals surface area contributed by atoms with E-state index in [1.165, 1.54) is 31.4 Å². The number of hydrogen-bond donors (Lipinski definition) is 4. The molecule has 0 atom stereocenters. The van der Waals surface area contributed by atoms with Gasteiger partial charge in [-0.2, -0.15) is 0 Å². The number of aromatic nitrogens is 4. The Morgan fingerprint density at radius 2 is 1.18 bits per heavy atom. The standard InChI is InChI=1S/C24H34N8O4S2.H2O/c1-15(31(13-35)11-19-9-27-17(3)29-23(19)25)21(5-7-33)37-38-22(6-8-34)16(2)32(14-36)12-20-10-28-18(4)30-24(20)26;/h9-10,13-14,33-34H,5-8,11-12H2,1-4H3,(H2,25,27,29)(H2,26,28,30);1H2. The molecule has 214 valence electrons. The number of aryl methyl sites for hydroxylation is 2. The predicted molar refractivity (Wildman–Crippen MR) is 153 cm³/mol. The fourth-order valence-electron chi connectivity index (χ4n) is 3.30. The number of allylic oxidation sites excluding steroid dienone is 2. The normalized spacial score (nSPS) is 12.2. The van der Waals surface area contributed by atoms with E-state index in [9.17, 15) is 19.8 Å². The third-order valence-electron chi connectivity index (χ3n) is 5.56. The average molecular weight is 581 g/mol. The number of carbonyl (C=O) groups is 2. The maximum Gasteiger partial charge on any atom is 0.214 e. The van der Waals surface area contributed by atoms with Crippen LogP contribution in [0, 0.1) is 13.8 Å². The number of amides is 2. The van der Waals surface area contributed by atoms with Gasteiger partial charge in [0.25, 0.3) is 0 Å². The Morgan fingerprint density at radius 3 is 1.46 bits per heavy atom. The van der Waals surface area contributed by atoms with Crippen molar-refractivity contribution in [2.45, 2.75) is 53.6 Å². The molecule has 2 amide bonds. The first-order valence-electron chi connectivity index (χ1n) is 11.7. The highest BCUT2D eigenvalue weighted by Gasteiger charge is 2.18. The fraction of sp³-hybridized carbons (Fsp3) is 0.417. The van der Waals surface area contributed by atoms with E-state index in [0.29, 0.717) is 71.5 Å². The third kappa shape index (κ3) is 9.78. The van der Waals surface area contributed by atoms with Gasteiger partial charge in [-0.05, 0) is 27.7 Å². The summed E-state index contributed by atoms with van der Waals surface area (Å²) in [5.74, 6) is 1.65. The van der Waals surface area contributed by atoms with Crippen LogP contribution in [-0.2, 0) is 22.7 Å². The zero-order chi connectivity index (χ0) is 28.2. The van der Waals surface area contributed by atoms with Crippen LogP contribution in [-0.4, -0.2) is 71.5 Å². The molecule has 0 spiro atoms. The Balaban J connectivity index is 0.00000760. The molecule has 39 heavy (non-hydrogen) atoms. The second-order valence-corrected chi connectivity index (χ2v) is 10.6. The molecule has 15 heteroatoms. The molecular formula is C24H36N8O5S2. The molecule has 0 fully saturated rings. The van der Waals surface area contributed by atoms with Crippen LogP contribution in [0.1, 0.15) is 49.5 Å². The summed E-state index contributed by atoms with van der Waals surface area (Å²) in [5, 5.41) is 19.4. The monoisotopic (exact) mass is 580 g/mol. The molecule has 2 heterocycles. The number of nitrogens with two attached hydrogens (primary N) is 2. The highest BCUT2D eigenvalue weighted by molar-refractivity contribution is 8.79. The molecule has 0 aromatic carbocycles. The summed E-state index contributed by atoms with van der Waals surface area (Å²) in [5.41, 5.74) is 14.5. The molecule has 2 aromatic rings. The maximum atomic E-state index is 12.0. The second-order valence-electron chi connectivity index (χ2n) is 8.25. The van der Waals surface area contributed by atoms with Crippen molar-refractivity contribution in [3.8, 4) is 0 Å². The van der Waals surface area contributed by atoms with Crippen LogP contribution in [0.15, 0.2) is 33.6 Å². The van der Waals surface area contributed by atoms with Crippen LogP contribution in [0.3, 0.4) is 0 Å². The lowest BCUT2D eigenvalue weighted by molar-refractivity contribution is -0.117. The molecule has 2 aromatic heterocycles. The highest BCUT2D eigenvalue weighted by Crippen LogP contribution is 2.42. The summed E-state index contributed by atoms with van der Waals surface area (Å²) >= 11 is 0. The lowest BCUT2D eigenvalue weighted by Crippen LogP contribution is -2.22. The second kappa shape index (κ2) is 16.7. The molecule has 0 aliphatic rings. The molecule has 0 unspecified atom stereocenters. The summed E-state index contributed by atoms with van der Waals surface area (Å²) in [4.78, 5) is 45.0. The van der Waals surface area contributed by atoms with Gasteiger partial charge in [-0.1, -0.05) is 21.6 Å². The summed E-state index contributed by atoms with van der Waals surface area (Å²) < 4.78 is 0. The van der Waals surface area contributed by atoms with Gasteiger partial charge in [-0.25, -0.2) is 19.9 Å². The van der Waals surface area contributed by atoms with Gasteiger partial charge in [0.1, 0.15) is 23.3 Å². The topological polar surface area (TPSA) is 216 Å². The van der Waals surface area contributed by atoms with Crippen LogP contribution < -0.4 is 11.5 Å². The lowest BCUT2D eigenvalue weighted by Gasteiger charge is -2.24. The smallest absolute Gasteiger partial charge is 0.214 e. The van der Waals surface area contributed by atoms with Crippen molar-refractivity contribution >= 4 is 46.0 Å². The van der Waals surface area contributed by atoms with Crippen molar-refractivity contribution in [2.75, 3.05) is 24.7 Å². The van der Waals surface area contributed by atoms with Gasteiger partial charge in [0.2, 0.25) is 12.8 Å². The van der Waals surface area contributed by atoms with Gasteiger partial charge in [-0.15, -0.1) is 0 Å². The number of hydrogen-bond acceptors (Lipinski definition) is 12. The van der Waals surface area contributed by atoms with E-state index in [0.717, 1.165) is 9.81 Å². The molecule has 0 saturated heterocycles. The highest BCUT2D eigenvalue weighted by atomic mass is 33.1. The van der Waals surface area contributed by atoms with Crippen LogP contribution in [0.4, 0.5) is 11.6 Å². The lowest BCUT2D eigenvalue weighted by atomic mass is 10.2. The summed E-state index contributed by atoms with van der Waals surface area (Å²) in [6, 6.07) is 0. The number of carbonyl (C=O) groups excluding carboxylic acids is 2. The van der Waals surface area contributed by atoms with E-state index in [1.807, 2.05) is 0 Å². The zero-order valence-corrected chi connectivity index (χ0v) is 24.1. The number of nitrogens with zero attached hydrogens (tertiary/aromatic N) is 6. The van der Waals surface area contributed by atoms with E-state index in [4.69, 9.17) is 11.5 Å². The predicted octanol–water partition coefficient (Wildman–Crippen LogP) is 1.45. The van der Waals surface area contributed by atoms with Crippen molar-refractivity contribution in [3.63, 3.8) is 0 Å². The van der Waals surface area contributed by atoms with Gasteiger partial charge in [0.05, 0.1) is 13.1 Å². The fourth-order valence-corrected chi connectivity index (χ4v) is 6.15. The van der Waals surface area contributed by atoms with Gasteiger partial charge in [-0.3, -0.25) is 9.59 Å². The van der Waals surface area contributed by atoms with Gasteiger partial charge in [0.15, 0.2) is 0 Å². The van der Waals surface area contributed by atoms with Crippen molar-refractivity contribution in [1.82, 2.24) is 29.7 Å². The first-order chi connectivity index (χ1) is 18.1. The quantitative estimate of drug-likeness (QED) is 0.174. The largest absolute Gasteiger partial charge is 0.412 e. The average Bonchev–Trinajstić information content (AvgIpc) is 2.88. The minimum absolute atomic E-state index is 0. The Labute approximate surface area is 235 Å². The van der Waals surface area contributed by atoms with Crippen molar-refractivity contribution < 1.29 is 25.3 Å². The molecule has 0 bridgehead atoms. The number of aliphatic hydroxyl groups is 2. The van der Waals surface area contributed by atoms with Gasteiger partial charge < -0.3 is 37.0 Å². The number of rotatable bonds is 15. The van der Waals surface area contributed by atoms with Crippen LogP contribution in [0.2, 0.25) is 0 Å². The third-order valence-corrected chi connectivity index (χ3v) is 8.50. The Morgan fingerprint density at radius 1 is 0.821 bits per heavy atom. The van der Waals surface area contributed by atoms with Gasteiger partial charge in [0, 0.05) is 70.8 Å². The minimum atomic E-state index is -0.131. The SMILES string of the molecule is CC(=C(CCO)SSC(CCO)=C(C)N(C=O)Cc1cnc(C)nc1N)N(C=O)Cc1cnc(C)nc1N.O. The van der Waals surface area contributed by atoms with Gasteiger partial charge >= 0.3 is 0 Å². The molecule has 0 saturated carbocycles. The van der Waals surface area contributed by atoms with Crippen molar-refractivity contribution in [1.29, 1.82) is 0 Å². The van der Waals surface area contributed by atoms with Crippen LogP contribution >= 0.6 is 21.6 Å². The van der Waals surface area contributed by atoms with Crippen molar-refractivity contribution in [2.24, 2.45) is 0 Å². The first kappa shape index (κ1) is 33.8. The number of anilines is 2. The number of nitrogen functional groups attached to an aromatic ring is 2. The van der Waals surface area contributed by atoms with Crippen molar-refractivity contribution in [3.05, 3.63) is 56.4 Å². The molecule has 0 aliphatic carbocycles. The minimum Gasteiger partial charge on any atom is -0.412 e. The van der Waals surface area contributed by atoms with E-state index < -0.39 is 0 Å². The van der Waals surface area contributed by atoms with E-state index in [-0.39, 0.29) is 31.8 Å². The van der Waals surface area contributed by atoms with Crippen LogP contribution in [0.25, 0.3) is 0 Å². The zero-order valence-electron chi connectivity index (χ0n) is 22.4.